The van der Waals surface area contributed by atoms with Gasteiger partial charge in [-0.25, -0.2) is 0 Å². The van der Waals surface area contributed by atoms with E-state index in [1.54, 1.807) is 0 Å². The molecule has 0 aliphatic carbocycles. The summed E-state index contributed by atoms with van der Waals surface area (Å²) in [5.41, 5.74) is 0. The summed E-state index contributed by atoms with van der Waals surface area (Å²) in [7, 11) is 1.42. The fraction of sp³-hybridized carbons (Fsp3) is 0.875. The summed E-state index contributed by atoms with van der Waals surface area (Å²) in [4.78, 5) is 10.7. The summed E-state index contributed by atoms with van der Waals surface area (Å²) >= 11 is 0. The first-order valence-electron chi connectivity index (χ1n) is 4.34. The van der Waals surface area contributed by atoms with Crippen LogP contribution in [0.25, 0.3) is 0 Å². The Bertz CT molecular complexity index is 144. The first-order valence-corrected chi connectivity index (χ1v) is 4.34. The Morgan fingerprint density at radius 1 is 1.75 bits per heavy atom. The minimum absolute atomic E-state index is 0.145. The topological polar surface area (TPSA) is 50.4 Å². The molecule has 4 heteroatoms. The molecule has 1 atom stereocenters. The molecule has 1 fully saturated rings. The monoisotopic (exact) mass is 172 g/mol. The predicted octanol–water partition coefficient (Wildman–Crippen LogP) is -0.499. The molecule has 1 heterocycles. The van der Waals surface area contributed by atoms with Gasteiger partial charge in [0.05, 0.1) is 13.5 Å². The van der Waals surface area contributed by atoms with Crippen molar-refractivity contribution in [3.05, 3.63) is 0 Å². The summed E-state index contributed by atoms with van der Waals surface area (Å²) in [6, 6.07) is 0.537. The molecule has 0 aromatic carbocycles. The molecule has 0 radical (unpaired) electrons. The molecule has 1 aliphatic rings. The lowest BCUT2D eigenvalue weighted by Gasteiger charge is -2.09. The van der Waals surface area contributed by atoms with Crippen molar-refractivity contribution in [2.75, 3.05) is 26.7 Å². The summed E-state index contributed by atoms with van der Waals surface area (Å²) < 4.78 is 4.52. The van der Waals surface area contributed by atoms with Gasteiger partial charge in [0.25, 0.3) is 0 Å². The molecule has 4 nitrogen and oxygen atoms in total. The highest BCUT2D eigenvalue weighted by Gasteiger charge is 2.13. The second-order valence-electron chi connectivity index (χ2n) is 2.97. The highest BCUT2D eigenvalue weighted by molar-refractivity contribution is 5.69. The average molecular weight is 172 g/mol. The van der Waals surface area contributed by atoms with Gasteiger partial charge in [-0.2, -0.15) is 0 Å². The van der Waals surface area contributed by atoms with Gasteiger partial charge < -0.3 is 15.4 Å². The molecule has 70 valence electrons. The molecule has 12 heavy (non-hydrogen) atoms. The minimum atomic E-state index is -0.145. The Morgan fingerprint density at radius 2 is 2.58 bits per heavy atom. The van der Waals surface area contributed by atoms with E-state index in [1.807, 2.05) is 0 Å². The Morgan fingerprint density at radius 3 is 3.17 bits per heavy atom. The summed E-state index contributed by atoms with van der Waals surface area (Å²) in [5, 5.41) is 6.53. The van der Waals surface area contributed by atoms with Crippen LogP contribution in [-0.4, -0.2) is 38.8 Å². The van der Waals surface area contributed by atoms with Crippen molar-refractivity contribution in [1.29, 1.82) is 0 Å². The molecule has 0 aromatic rings. The number of esters is 1. The smallest absolute Gasteiger partial charge is 0.306 e. The number of rotatable bonds is 4. The SMILES string of the molecule is COC(=O)CCN[C@H]1CCNC1. The van der Waals surface area contributed by atoms with E-state index in [0.29, 0.717) is 12.5 Å². The molecule has 0 unspecified atom stereocenters. The molecule has 1 saturated heterocycles. The average Bonchev–Trinajstić information content (AvgIpc) is 2.57. The first kappa shape index (κ1) is 9.48. The van der Waals surface area contributed by atoms with Crippen LogP contribution in [0.4, 0.5) is 0 Å². The van der Waals surface area contributed by atoms with Crippen molar-refractivity contribution < 1.29 is 9.53 Å². The highest BCUT2D eigenvalue weighted by atomic mass is 16.5. The molecule has 0 bridgehead atoms. The molecular formula is C8H16N2O2. The molecule has 0 saturated carbocycles. The summed E-state index contributed by atoms with van der Waals surface area (Å²) in [5.74, 6) is -0.145. The van der Waals surface area contributed by atoms with Gasteiger partial charge in [-0.1, -0.05) is 0 Å². The Balaban J connectivity index is 1.97. The van der Waals surface area contributed by atoms with Gasteiger partial charge in [-0.15, -0.1) is 0 Å². The number of ether oxygens (including phenoxy) is 1. The third-order valence-electron chi connectivity index (χ3n) is 2.05. The van der Waals surface area contributed by atoms with Crippen molar-refractivity contribution in [3.63, 3.8) is 0 Å². The second kappa shape index (κ2) is 5.11. The van der Waals surface area contributed by atoms with Crippen molar-refractivity contribution in [2.24, 2.45) is 0 Å². The number of nitrogens with one attached hydrogen (secondary N) is 2. The lowest BCUT2D eigenvalue weighted by Crippen LogP contribution is -2.32. The lowest BCUT2D eigenvalue weighted by atomic mass is 10.2. The summed E-state index contributed by atoms with van der Waals surface area (Å²) in [6.07, 6.45) is 1.62. The Labute approximate surface area is 72.7 Å². The van der Waals surface area contributed by atoms with Gasteiger partial charge in [0, 0.05) is 19.1 Å². The maximum atomic E-state index is 10.7. The molecule has 2 N–H and O–H groups in total. The quantitative estimate of drug-likeness (QED) is 0.561. The molecule has 0 spiro atoms. The maximum absolute atomic E-state index is 10.7. The van der Waals surface area contributed by atoms with Gasteiger partial charge in [0.1, 0.15) is 0 Å². The molecule has 0 amide bonds. The van der Waals surface area contributed by atoms with Crippen molar-refractivity contribution >= 4 is 5.97 Å². The van der Waals surface area contributed by atoms with Gasteiger partial charge in [-0.05, 0) is 13.0 Å². The Kier molecular flexibility index (Phi) is 4.04. The van der Waals surface area contributed by atoms with Gasteiger partial charge in [0.15, 0.2) is 0 Å². The first-order chi connectivity index (χ1) is 5.83. The molecular weight excluding hydrogens is 156 g/mol. The highest BCUT2D eigenvalue weighted by Crippen LogP contribution is 1.96. The van der Waals surface area contributed by atoms with Crippen LogP contribution in [0.5, 0.6) is 0 Å². The number of methoxy groups -OCH3 is 1. The van der Waals surface area contributed by atoms with Crippen LogP contribution in [0, 0.1) is 0 Å². The van der Waals surface area contributed by atoms with Gasteiger partial charge in [0.2, 0.25) is 0 Å². The fourth-order valence-electron chi connectivity index (χ4n) is 1.31. The predicted molar refractivity (Wildman–Crippen MR) is 45.9 cm³/mol. The summed E-state index contributed by atoms with van der Waals surface area (Å²) in [6.45, 7) is 2.82. The zero-order valence-corrected chi connectivity index (χ0v) is 7.43. The van der Waals surface area contributed by atoms with Crippen LogP contribution >= 0.6 is 0 Å². The maximum Gasteiger partial charge on any atom is 0.306 e. The van der Waals surface area contributed by atoms with E-state index in [9.17, 15) is 4.79 Å². The van der Waals surface area contributed by atoms with E-state index in [1.165, 1.54) is 7.11 Å². The third-order valence-corrected chi connectivity index (χ3v) is 2.05. The van der Waals surface area contributed by atoms with Crippen LogP contribution in [-0.2, 0) is 9.53 Å². The Hall–Kier alpha value is -0.610. The van der Waals surface area contributed by atoms with E-state index < -0.39 is 0 Å². The van der Waals surface area contributed by atoms with Crippen molar-refractivity contribution in [2.45, 2.75) is 18.9 Å². The lowest BCUT2D eigenvalue weighted by molar-refractivity contribution is -0.140. The second-order valence-corrected chi connectivity index (χ2v) is 2.97. The largest absolute Gasteiger partial charge is 0.469 e. The molecule has 0 aromatic heterocycles. The van der Waals surface area contributed by atoms with Gasteiger partial charge >= 0.3 is 5.97 Å². The minimum Gasteiger partial charge on any atom is -0.469 e. The number of hydrogen-bond acceptors (Lipinski definition) is 4. The van der Waals surface area contributed by atoms with E-state index in [-0.39, 0.29) is 5.97 Å². The van der Waals surface area contributed by atoms with E-state index in [4.69, 9.17) is 0 Å². The van der Waals surface area contributed by atoms with E-state index in [0.717, 1.165) is 26.1 Å². The van der Waals surface area contributed by atoms with Crippen molar-refractivity contribution in [3.8, 4) is 0 Å². The molecule has 1 rings (SSSR count). The number of hydrogen-bond donors (Lipinski definition) is 2. The normalized spacial score (nSPS) is 22.6. The van der Waals surface area contributed by atoms with Crippen LogP contribution in [0.2, 0.25) is 0 Å². The van der Waals surface area contributed by atoms with Crippen molar-refractivity contribution in [1.82, 2.24) is 10.6 Å². The number of carbonyl (C=O) groups is 1. The standard InChI is InChI=1S/C8H16N2O2/c1-12-8(11)3-5-10-7-2-4-9-6-7/h7,9-10H,2-6H2,1H3/t7-/m0/s1. The zero-order valence-electron chi connectivity index (χ0n) is 7.43. The van der Waals surface area contributed by atoms with Crippen LogP contribution in [0.3, 0.4) is 0 Å². The third kappa shape index (κ3) is 3.19. The molecule has 1 aliphatic heterocycles. The van der Waals surface area contributed by atoms with E-state index in [2.05, 4.69) is 15.4 Å². The zero-order chi connectivity index (χ0) is 8.81. The fourth-order valence-corrected chi connectivity index (χ4v) is 1.31. The van der Waals surface area contributed by atoms with Gasteiger partial charge in [-0.3, -0.25) is 4.79 Å². The number of carbonyl (C=O) groups excluding carboxylic acids is 1. The van der Waals surface area contributed by atoms with Crippen LogP contribution < -0.4 is 10.6 Å². The van der Waals surface area contributed by atoms with Crippen LogP contribution in [0.15, 0.2) is 0 Å². The van der Waals surface area contributed by atoms with E-state index >= 15 is 0 Å². The van der Waals surface area contributed by atoms with Crippen LogP contribution in [0.1, 0.15) is 12.8 Å².